The van der Waals surface area contributed by atoms with Crippen LogP contribution < -0.4 is 0 Å². The van der Waals surface area contributed by atoms with Gasteiger partial charge in [-0.25, -0.2) is 0 Å². The summed E-state index contributed by atoms with van der Waals surface area (Å²) in [6, 6.07) is 2.72. The number of hydrogen-bond acceptors (Lipinski definition) is 1. The minimum Gasteiger partial charge on any atom is -0.295 e. The summed E-state index contributed by atoms with van der Waals surface area (Å²) >= 11 is 0. The fraction of sp³-hybridized carbons (Fsp3) is 1.00. The molecule has 2 heterocycles. The molecule has 0 aromatic rings. The predicted molar refractivity (Wildman–Crippen MR) is 43.0 cm³/mol. The lowest BCUT2D eigenvalue weighted by atomic mass is 10.0. The molecule has 1 heteroatoms. The van der Waals surface area contributed by atoms with Crippen LogP contribution in [0.3, 0.4) is 0 Å². The molecule has 2 aliphatic heterocycles. The van der Waals surface area contributed by atoms with Crippen LogP contribution in [0.2, 0.25) is 0 Å². The van der Waals surface area contributed by atoms with Gasteiger partial charge >= 0.3 is 0 Å². The Kier molecular flexibility index (Phi) is 1.48. The Balaban J connectivity index is 2.09. The molecule has 2 rings (SSSR count). The molecule has 0 radical (unpaired) electrons. The van der Waals surface area contributed by atoms with Crippen LogP contribution in [0.1, 0.15) is 39.5 Å². The highest BCUT2D eigenvalue weighted by Gasteiger charge is 2.40. The normalized spacial score (nSPS) is 39.9. The van der Waals surface area contributed by atoms with E-state index in [1.807, 2.05) is 0 Å². The van der Waals surface area contributed by atoms with Gasteiger partial charge in [-0.05, 0) is 39.5 Å². The number of rotatable bonds is 1. The summed E-state index contributed by atoms with van der Waals surface area (Å²) in [6.07, 6.45) is 5.90. The molecule has 0 unspecified atom stereocenters. The average Bonchev–Trinajstić information content (AvgIpc) is 2.43. The van der Waals surface area contributed by atoms with Crippen molar-refractivity contribution in [3.8, 4) is 0 Å². The molecule has 0 aromatic carbocycles. The maximum Gasteiger partial charge on any atom is 0.0102 e. The lowest BCUT2D eigenvalue weighted by Crippen LogP contribution is -2.34. The summed E-state index contributed by atoms with van der Waals surface area (Å²) in [5.41, 5.74) is 0. The average molecular weight is 139 g/mol. The van der Waals surface area contributed by atoms with E-state index in [0.717, 1.165) is 18.1 Å². The zero-order chi connectivity index (χ0) is 7.14. The van der Waals surface area contributed by atoms with E-state index >= 15 is 0 Å². The van der Waals surface area contributed by atoms with Gasteiger partial charge in [-0.15, -0.1) is 0 Å². The van der Waals surface area contributed by atoms with E-state index in [0.29, 0.717) is 0 Å². The summed E-state index contributed by atoms with van der Waals surface area (Å²) in [6.45, 7) is 4.66. The molecule has 0 aliphatic carbocycles. The van der Waals surface area contributed by atoms with Crippen molar-refractivity contribution in [2.45, 2.75) is 57.7 Å². The monoisotopic (exact) mass is 139 g/mol. The van der Waals surface area contributed by atoms with Gasteiger partial charge in [-0.3, -0.25) is 4.90 Å². The van der Waals surface area contributed by atoms with Crippen LogP contribution in [0.4, 0.5) is 0 Å². The van der Waals surface area contributed by atoms with E-state index < -0.39 is 0 Å². The highest BCUT2D eigenvalue weighted by atomic mass is 15.2. The molecular formula is C9H17N. The lowest BCUT2D eigenvalue weighted by Gasteiger charge is -2.25. The molecule has 1 nitrogen and oxygen atoms in total. The first-order valence-electron chi connectivity index (χ1n) is 4.56. The molecule has 58 valence electrons. The minimum absolute atomic E-state index is 0.792. The first-order valence-corrected chi connectivity index (χ1v) is 4.56. The molecule has 0 N–H and O–H groups in total. The van der Waals surface area contributed by atoms with Gasteiger partial charge in [0.2, 0.25) is 0 Å². The van der Waals surface area contributed by atoms with Gasteiger partial charge in [0.15, 0.2) is 0 Å². The molecule has 0 spiro atoms. The Morgan fingerprint density at radius 3 is 1.60 bits per heavy atom. The van der Waals surface area contributed by atoms with Crippen molar-refractivity contribution in [2.24, 2.45) is 0 Å². The molecule has 0 aromatic heterocycles. The van der Waals surface area contributed by atoms with Gasteiger partial charge in [-0.1, -0.05) is 0 Å². The molecular weight excluding hydrogens is 122 g/mol. The Morgan fingerprint density at radius 2 is 1.40 bits per heavy atom. The van der Waals surface area contributed by atoms with E-state index in [1.54, 1.807) is 0 Å². The second-order valence-corrected chi connectivity index (χ2v) is 4.00. The van der Waals surface area contributed by atoms with Crippen molar-refractivity contribution in [1.29, 1.82) is 0 Å². The van der Waals surface area contributed by atoms with Crippen molar-refractivity contribution in [2.75, 3.05) is 0 Å². The number of hydrogen-bond donors (Lipinski definition) is 0. The fourth-order valence-corrected chi connectivity index (χ4v) is 2.80. The van der Waals surface area contributed by atoms with Gasteiger partial charge in [-0.2, -0.15) is 0 Å². The number of nitrogens with zero attached hydrogens (tertiary/aromatic N) is 1. The second-order valence-electron chi connectivity index (χ2n) is 4.00. The van der Waals surface area contributed by atoms with Crippen molar-refractivity contribution in [3.63, 3.8) is 0 Å². The van der Waals surface area contributed by atoms with Crippen molar-refractivity contribution < 1.29 is 0 Å². The highest BCUT2D eigenvalue weighted by Crippen LogP contribution is 2.38. The predicted octanol–water partition coefficient (Wildman–Crippen LogP) is 2.02. The molecule has 10 heavy (non-hydrogen) atoms. The standard InChI is InChI=1S/C9H17N/c1-7(2)10-8-3-4-9(10)6-5-8/h7-9H,3-6H2,1-2H3. The smallest absolute Gasteiger partial charge is 0.0102 e. The number of fused-ring (bicyclic) bond motifs is 2. The molecule has 2 bridgehead atoms. The van der Waals surface area contributed by atoms with Crippen molar-refractivity contribution >= 4 is 0 Å². The van der Waals surface area contributed by atoms with Crippen LogP contribution in [-0.4, -0.2) is 23.0 Å². The topological polar surface area (TPSA) is 3.24 Å². The van der Waals surface area contributed by atoms with Crippen LogP contribution in [0.25, 0.3) is 0 Å². The first-order chi connectivity index (χ1) is 4.79. The highest BCUT2D eigenvalue weighted by molar-refractivity contribution is 4.95. The van der Waals surface area contributed by atoms with E-state index in [-0.39, 0.29) is 0 Å². The van der Waals surface area contributed by atoms with E-state index in [4.69, 9.17) is 0 Å². The van der Waals surface area contributed by atoms with Gasteiger partial charge in [0.25, 0.3) is 0 Å². The van der Waals surface area contributed by atoms with Gasteiger partial charge < -0.3 is 0 Å². The Bertz CT molecular complexity index is 111. The zero-order valence-corrected chi connectivity index (χ0v) is 7.01. The van der Waals surface area contributed by atoms with Crippen LogP contribution in [0, 0.1) is 0 Å². The lowest BCUT2D eigenvalue weighted by molar-refractivity contribution is 0.201. The summed E-state index contributed by atoms with van der Waals surface area (Å²) in [4.78, 5) is 2.72. The van der Waals surface area contributed by atoms with Crippen LogP contribution in [-0.2, 0) is 0 Å². The Labute approximate surface area is 63.4 Å². The molecule has 2 aliphatic rings. The van der Waals surface area contributed by atoms with Crippen LogP contribution >= 0.6 is 0 Å². The third-order valence-electron chi connectivity index (χ3n) is 3.11. The largest absolute Gasteiger partial charge is 0.295 e. The third-order valence-corrected chi connectivity index (χ3v) is 3.11. The Morgan fingerprint density at radius 1 is 1.00 bits per heavy atom. The summed E-state index contributed by atoms with van der Waals surface area (Å²) in [7, 11) is 0. The van der Waals surface area contributed by atoms with E-state index in [1.165, 1.54) is 25.7 Å². The van der Waals surface area contributed by atoms with Crippen molar-refractivity contribution in [1.82, 2.24) is 4.90 Å². The molecule has 0 saturated carbocycles. The van der Waals surface area contributed by atoms with Gasteiger partial charge in [0.1, 0.15) is 0 Å². The quantitative estimate of drug-likeness (QED) is 0.537. The Hall–Kier alpha value is -0.0400. The molecule has 2 fully saturated rings. The SMILES string of the molecule is CC(C)N1C2CCC1CC2. The summed E-state index contributed by atoms with van der Waals surface area (Å²) in [5.74, 6) is 0. The molecule has 0 amide bonds. The molecule has 0 atom stereocenters. The maximum absolute atomic E-state index is 2.72. The van der Waals surface area contributed by atoms with E-state index in [9.17, 15) is 0 Å². The summed E-state index contributed by atoms with van der Waals surface area (Å²) < 4.78 is 0. The first kappa shape index (κ1) is 6.66. The molecule has 2 saturated heterocycles. The van der Waals surface area contributed by atoms with E-state index in [2.05, 4.69) is 18.7 Å². The van der Waals surface area contributed by atoms with Crippen LogP contribution in [0.15, 0.2) is 0 Å². The second kappa shape index (κ2) is 2.23. The summed E-state index contributed by atoms with van der Waals surface area (Å²) in [5, 5.41) is 0. The minimum atomic E-state index is 0.792. The van der Waals surface area contributed by atoms with Crippen molar-refractivity contribution in [3.05, 3.63) is 0 Å². The van der Waals surface area contributed by atoms with Gasteiger partial charge in [0.05, 0.1) is 0 Å². The van der Waals surface area contributed by atoms with Gasteiger partial charge in [0, 0.05) is 18.1 Å². The maximum atomic E-state index is 2.72. The fourth-order valence-electron chi connectivity index (χ4n) is 2.80. The zero-order valence-electron chi connectivity index (χ0n) is 7.01. The third kappa shape index (κ3) is 0.800. The van der Waals surface area contributed by atoms with Crippen LogP contribution in [0.5, 0.6) is 0 Å².